The Morgan fingerprint density at radius 2 is 1.95 bits per heavy atom. The first kappa shape index (κ1) is 14.0. The number of benzene rings is 1. The smallest absolute Gasteiger partial charge is 0.219 e. The number of para-hydroxylation sites is 1. The first-order valence-electron chi connectivity index (χ1n) is 6.27. The van der Waals surface area contributed by atoms with E-state index in [9.17, 15) is 0 Å². The predicted molar refractivity (Wildman–Crippen MR) is 80.4 cm³/mol. The topological polar surface area (TPSA) is 34.1 Å². The number of halogens is 1. The lowest BCUT2D eigenvalue weighted by atomic mass is 10.3. The Labute approximate surface area is 122 Å². The molecule has 0 aliphatic heterocycles. The number of nitrogens with zero attached hydrogens (tertiary/aromatic N) is 1. The molecular formula is C15H17BrN2O. The summed E-state index contributed by atoms with van der Waals surface area (Å²) in [5, 5.41) is 3.34. The first-order chi connectivity index (χ1) is 9.15. The molecule has 2 rings (SSSR count). The molecule has 1 heterocycles. The van der Waals surface area contributed by atoms with Crippen molar-refractivity contribution in [2.24, 2.45) is 0 Å². The van der Waals surface area contributed by atoms with Gasteiger partial charge in [0.1, 0.15) is 5.75 Å². The third kappa shape index (κ3) is 4.33. The van der Waals surface area contributed by atoms with Crippen LogP contribution in [0.3, 0.4) is 0 Å². The normalized spacial score (nSPS) is 10.7. The number of aromatic nitrogens is 1. The van der Waals surface area contributed by atoms with Gasteiger partial charge in [-0.15, -0.1) is 0 Å². The molecule has 0 bridgehead atoms. The highest BCUT2D eigenvalue weighted by Crippen LogP contribution is 2.28. The van der Waals surface area contributed by atoms with Gasteiger partial charge in [0.25, 0.3) is 0 Å². The largest absolute Gasteiger partial charge is 0.438 e. The summed E-state index contributed by atoms with van der Waals surface area (Å²) in [7, 11) is 0. The second-order valence-electron chi connectivity index (χ2n) is 4.54. The molecular weight excluding hydrogens is 304 g/mol. The van der Waals surface area contributed by atoms with Crippen LogP contribution in [0, 0.1) is 0 Å². The van der Waals surface area contributed by atoms with Gasteiger partial charge in [-0.05, 0) is 34.1 Å². The van der Waals surface area contributed by atoms with Crippen LogP contribution in [0.25, 0.3) is 0 Å². The van der Waals surface area contributed by atoms with Gasteiger partial charge in [-0.2, -0.15) is 0 Å². The minimum Gasteiger partial charge on any atom is -0.438 e. The molecule has 0 amide bonds. The Kier molecular flexibility index (Phi) is 4.93. The summed E-state index contributed by atoms with van der Waals surface area (Å²) in [6.07, 6.45) is 0. The number of hydrogen-bond acceptors (Lipinski definition) is 3. The molecule has 1 aromatic carbocycles. The van der Waals surface area contributed by atoms with Crippen molar-refractivity contribution >= 4 is 15.9 Å². The third-order valence-electron chi connectivity index (χ3n) is 2.52. The zero-order valence-corrected chi connectivity index (χ0v) is 12.6. The lowest BCUT2D eigenvalue weighted by Gasteiger charge is -2.10. The Balaban J connectivity index is 2.09. The third-order valence-corrected chi connectivity index (χ3v) is 3.18. The Morgan fingerprint density at radius 1 is 1.16 bits per heavy atom. The van der Waals surface area contributed by atoms with Crippen LogP contribution in [-0.2, 0) is 6.54 Å². The standard InChI is InChI=1S/C15H17BrN2O/c1-11(2)17-10-12-6-5-9-15(18-12)19-14-8-4-3-7-13(14)16/h3-9,11,17H,10H2,1-2H3. The van der Waals surface area contributed by atoms with Gasteiger partial charge in [0.15, 0.2) is 0 Å². The van der Waals surface area contributed by atoms with E-state index in [0.29, 0.717) is 11.9 Å². The molecule has 4 heteroatoms. The van der Waals surface area contributed by atoms with Crippen molar-refractivity contribution in [2.45, 2.75) is 26.4 Å². The maximum absolute atomic E-state index is 5.77. The van der Waals surface area contributed by atoms with Crippen LogP contribution in [0.1, 0.15) is 19.5 Å². The number of nitrogens with one attached hydrogen (secondary N) is 1. The Bertz CT molecular complexity index is 543. The molecule has 2 aromatic rings. The van der Waals surface area contributed by atoms with E-state index in [4.69, 9.17) is 4.74 Å². The molecule has 0 spiro atoms. The summed E-state index contributed by atoms with van der Waals surface area (Å²) in [4.78, 5) is 4.48. The molecule has 100 valence electrons. The number of ether oxygens (including phenoxy) is 1. The summed E-state index contributed by atoms with van der Waals surface area (Å²) in [5.74, 6) is 1.37. The zero-order chi connectivity index (χ0) is 13.7. The monoisotopic (exact) mass is 320 g/mol. The molecule has 0 aliphatic carbocycles. The molecule has 0 unspecified atom stereocenters. The Morgan fingerprint density at radius 3 is 2.68 bits per heavy atom. The molecule has 0 saturated heterocycles. The van der Waals surface area contributed by atoms with Crippen LogP contribution in [0.4, 0.5) is 0 Å². The van der Waals surface area contributed by atoms with Crippen LogP contribution in [0.2, 0.25) is 0 Å². The lowest BCUT2D eigenvalue weighted by molar-refractivity contribution is 0.455. The average molecular weight is 321 g/mol. The van der Waals surface area contributed by atoms with Crippen molar-refractivity contribution in [3.8, 4) is 11.6 Å². The van der Waals surface area contributed by atoms with Crippen molar-refractivity contribution in [1.82, 2.24) is 10.3 Å². The summed E-state index contributed by atoms with van der Waals surface area (Å²) >= 11 is 3.46. The van der Waals surface area contributed by atoms with Gasteiger partial charge in [-0.25, -0.2) is 4.98 Å². The van der Waals surface area contributed by atoms with Gasteiger partial charge in [-0.3, -0.25) is 0 Å². The fourth-order valence-corrected chi connectivity index (χ4v) is 1.93. The van der Waals surface area contributed by atoms with Crippen molar-refractivity contribution < 1.29 is 4.74 Å². The zero-order valence-electron chi connectivity index (χ0n) is 11.1. The molecule has 19 heavy (non-hydrogen) atoms. The van der Waals surface area contributed by atoms with Crippen LogP contribution >= 0.6 is 15.9 Å². The summed E-state index contributed by atoms with van der Waals surface area (Å²) < 4.78 is 6.69. The highest BCUT2D eigenvalue weighted by Gasteiger charge is 2.04. The molecule has 0 saturated carbocycles. The van der Waals surface area contributed by atoms with Crippen LogP contribution in [0.5, 0.6) is 11.6 Å². The molecule has 0 radical (unpaired) electrons. The molecule has 0 aliphatic rings. The molecule has 1 aromatic heterocycles. The van der Waals surface area contributed by atoms with Crippen LogP contribution in [0.15, 0.2) is 46.9 Å². The van der Waals surface area contributed by atoms with Crippen LogP contribution in [-0.4, -0.2) is 11.0 Å². The number of hydrogen-bond donors (Lipinski definition) is 1. The fraction of sp³-hybridized carbons (Fsp3) is 0.267. The molecule has 3 nitrogen and oxygen atoms in total. The van der Waals surface area contributed by atoms with E-state index in [-0.39, 0.29) is 0 Å². The van der Waals surface area contributed by atoms with Crippen molar-refractivity contribution in [2.75, 3.05) is 0 Å². The predicted octanol–water partition coefficient (Wildman–Crippen LogP) is 4.13. The maximum atomic E-state index is 5.77. The number of rotatable bonds is 5. The van der Waals surface area contributed by atoms with Gasteiger partial charge >= 0.3 is 0 Å². The molecule has 0 fully saturated rings. The van der Waals surface area contributed by atoms with Crippen molar-refractivity contribution in [3.63, 3.8) is 0 Å². The fourth-order valence-electron chi connectivity index (χ4n) is 1.56. The Hall–Kier alpha value is -1.39. The lowest BCUT2D eigenvalue weighted by Crippen LogP contribution is -2.22. The first-order valence-corrected chi connectivity index (χ1v) is 7.06. The minimum atomic E-state index is 0.439. The maximum Gasteiger partial charge on any atom is 0.219 e. The van der Waals surface area contributed by atoms with Gasteiger partial charge in [-0.1, -0.05) is 32.0 Å². The van der Waals surface area contributed by atoms with Gasteiger partial charge in [0.05, 0.1) is 10.2 Å². The second-order valence-corrected chi connectivity index (χ2v) is 5.39. The van der Waals surface area contributed by atoms with E-state index in [0.717, 1.165) is 22.5 Å². The van der Waals surface area contributed by atoms with E-state index in [2.05, 4.69) is 40.1 Å². The van der Waals surface area contributed by atoms with E-state index in [1.165, 1.54) is 0 Å². The summed E-state index contributed by atoms with van der Waals surface area (Å²) in [6.45, 7) is 4.97. The van der Waals surface area contributed by atoms with Gasteiger partial charge in [0.2, 0.25) is 5.88 Å². The summed E-state index contributed by atoms with van der Waals surface area (Å²) in [6, 6.07) is 14.0. The van der Waals surface area contributed by atoms with E-state index in [1.807, 2.05) is 42.5 Å². The quantitative estimate of drug-likeness (QED) is 0.899. The summed E-state index contributed by atoms with van der Waals surface area (Å²) in [5.41, 5.74) is 0.971. The van der Waals surface area contributed by atoms with E-state index >= 15 is 0 Å². The molecule has 0 atom stereocenters. The van der Waals surface area contributed by atoms with Crippen molar-refractivity contribution in [1.29, 1.82) is 0 Å². The van der Waals surface area contributed by atoms with E-state index < -0.39 is 0 Å². The van der Waals surface area contributed by atoms with Gasteiger partial charge in [0, 0.05) is 18.7 Å². The number of pyridine rings is 1. The second kappa shape index (κ2) is 6.68. The average Bonchev–Trinajstić information content (AvgIpc) is 2.40. The highest BCUT2D eigenvalue weighted by atomic mass is 79.9. The van der Waals surface area contributed by atoms with E-state index in [1.54, 1.807) is 0 Å². The van der Waals surface area contributed by atoms with Crippen LogP contribution < -0.4 is 10.1 Å². The molecule has 1 N–H and O–H groups in total. The highest BCUT2D eigenvalue weighted by molar-refractivity contribution is 9.10. The SMILES string of the molecule is CC(C)NCc1cccc(Oc2ccccc2Br)n1. The van der Waals surface area contributed by atoms with Gasteiger partial charge < -0.3 is 10.1 Å². The minimum absolute atomic E-state index is 0.439. The van der Waals surface area contributed by atoms with Crippen molar-refractivity contribution in [3.05, 3.63) is 52.6 Å².